The Kier molecular flexibility index (Phi) is 4.91. The molecule has 2 atom stereocenters. The topological polar surface area (TPSA) is 70.7 Å². The van der Waals surface area contributed by atoms with Crippen molar-refractivity contribution < 1.29 is 14.3 Å². The van der Waals surface area contributed by atoms with Crippen LogP contribution in [0.4, 0.5) is 5.69 Å². The third-order valence-corrected chi connectivity index (χ3v) is 8.12. The molecule has 162 valence electrons. The molecular formula is C24H33N3O3. The van der Waals surface area contributed by atoms with Gasteiger partial charge in [-0.15, -0.1) is 0 Å². The van der Waals surface area contributed by atoms with Crippen LogP contribution in [0.25, 0.3) is 0 Å². The van der Waals surface area contributed by atoms with Gasteiger partial charge in [0, 0.05) is 13.1 Å². The van der Waals surface area contributed by atoms with Crippen molar-refractivity contribution in [3.05, 3.63) is 24.3 Å². The molecule has 0 unspecified atom stereocenters. The minimum absolute atomic E-state index is 0.0330. The minimum Gasteiger partial charge on any atom is -0.477 e. The molecule has 0 saturated heterocycles. The normalized spacial score (nSPS) is 34.7. The highest BCUT2D eigenvalue weighted by atomic mass is 16.5. The van der Waals surface area contributed by atoms with Crippen molar-refractivity contribution in [1.29, 1.82) is 0 Å². The Bertz CT molecular complexity index is 803. The smallest absolute Gasteiger partial charge is 0.262 e. The number of likely N-dealkylation sites (N-methyl/N-ethyl adjacent to an activating group) is 1. The fraction of sp³-hybridized carbons (Fsp3) is 0.667. The summed E-state index contributed by atoms with van der Waals surface area (Å²) >= 11 is 0. The molecule has 2 amide bonds. The second-order valence-corrected chi connectivity index (χ2v) is 10.1. The van der Waals surface area contributed by atoms with Gasteiger partial charge in [0.1, 0.15) is 5.75 Å². The van der Waals surface area contributed by atoms with Crippen LogP contribution < -0.4 is 20.3 Å². The lowest BCUT2D eigenvalue weighted by Crippen LogP contribution is -2.57. The zero-order chi connectivity index (χ0) is 20.9. The highest BCUT2D eigenvalue weighted by Crippen LogP contribution is 2.61. The van der Waals surface area contributed by atoms with Crippen molar-refractivity contribution in [2.45, 2.75) is 57.6 Å². The molecule has 4 bridgehead atoms. The molecule has 6 heteroatoms. The molecule has 2 N–H and O–H groups in total. The summed E-state index contributed by atoms with van der Waals surface area (Å²) in [6.07, 6.45) is 7.44. The van der Waals surface area contributed by atoms with Gasteiger partial charge in [0.2, 0.25) is 5.91 Å². The highest BCUT2D eigenvalue weighted by Gasteiger charge is 2.53. The maximum atomic E-state index is 13.1. The summed E-state index contributed by atoms with van der Waals surface area (Å²) in [6.45, 7) is 2.83. The fourth-order valence-electron chi connectivity index (χ4n) is 7.08. The van der Waals surface area contributed by atoms with Crippen molar-refractivity contribution in [3.8, 4) is 5.75 Å². The third kappa shape index (κ3) is 3.44. The summed E-state index contributed by atoms with van der Waals surface area (Å²) in [5.74, 6) is 3.13. The van der Waals surface area contributed by atoms with E-state index >= 15 is 0 Å². The molecule has 6 nitrogen and oxygen atoms in total. The van der Waals surface area contributed by atoms with Crippen LogP contribution >= 0.6 is 0 Å². The molecule has 1 heterocycles. The van der Waals surface area contributed by atoms with Crippen molar-refractivity contribution in [2.24, 2.45) is 23.2 Å². The van der Waals surface area contributed by atoms with Crippen LogP contribution in [0.1, 0.15) is 45.4 Å². The first-order valence-electron chi connectivity index (χ1n) is 11.5. The molecule has 5 aliphatic rings. The molecule has 0 radical (unpaired) electrons. The Balaban J connectivity index is 1.27. The zero-order valence-corrected chi connectivity index (χ0v) is 18.0. The number of nitrogens with zero attached hydrogens (tertiary/aromatic N) is 1. The van der Waals surface area contributed by atoms with Gasteiger partial charge >= 0.3 is 0 Å². The lowest BCUT2D eigenvalue weighted by molar-refractivity contribution is -0.128. The monoisotopic (exact) mass is 411 g/mol. The van der Waals surface area contributed by atoms with Crippen LogP contribution in [-0.4, -0.2) is 44.1 Å². The van der Waals surface area contributed by atoms with Crippen LogP contribution in [0, 0.1) is 23.2 Å². The molecule has 1 aromatic rings. The molecule has 4 saturated carbocycles. The summed E-state index contributed by atoms with van der Waals surface area (Å²) in [5.41, 5.74) is 1.16. The Morgan fingerprint density at radius 2 is 1.77 bits per heavy atom. The molecule has 4 aliphatic carbocycles. The highest BCUT2D eigenvalue weighted by molar-refractivity contribution is 5.86. The molecule has 0 aromatic heterocycles. The molecular weight excluding hydrogens is 378 g/mol. The standard InChI is InChI=1S/C24H33N3O3/c1-15(24-10-16-7-17(11-24)9-18(8-16)12-24)26-22(28)14-27-13-21(23(29)25-2)30-20-6-4-3-5-19(20)27/h3-6,15-18,21H,7-14H2,1-2H3,(H,25,29)(H,26,28)/t15-,16?,17?,18?,21-,24?/m1/s1. The van der Waals surface area contributed by atoms with Crippen molar-refractivity contribution >= 4 is 17.5 Å². The van der Waals surface area contributed by atoms with E-state index in [1.54, 1.807) is 7.05 Å². The number of para-hydroxylation sites is 2. The molecule has 1 aliphatic heterocycles. The van der Waals surface area contributed by atoms with Crippen LogP contribution in [0.3, 0.4) is 0 Å². The average Bonchev–Trinajstić information content (AvgIpc) is 2.72. The van der Waals surface area contributed by atoms with Gasteiger partial charge in [-0.05, 0) is 80.8 Å². The number of fused-ring (bicyclic) bond motifs is 1. The van der Waals surface area contributed by atoms with E-state index in [4.69, 9.17) is 4.74 Å². The largest absolute Gasteiger partial charge is 0.477 e. The number of ether oxygens (including phenoxy) is 1. The van der Waals surface area contributed by atoms with Crippen molar-refractivity contribution in [2.75, 3.05) is 25.0 Å². The fourth-order valence-corrected chi connectivity index (χ4v) is 7.08. The SMILES string of the molecule is CNC(=O)[C@H]1CN(CC(=O)N[C@H](C)C23CC4CC(CC(C4)C2)C3)c2ccccc2O1. The van der Waals surface area contributed by atoms with E-state index in [0.29, 0.717) is 12.3 Å². The van der Waals surface area contributed by atoms with E-state index in [0.717, 1.165) is 23.4 Å². The van der Waals surface area contributed by atoms with Gasteiger partial charge < -0.3 is 20.3 Å². The van der Waals surface area contributed by atoms with Crippen LogP contribution in [0.5, 0.6) is 5.75 Å². The summed E-state index contributed by atoms with van der Waals surface area (Å²) in [5, 5.41) is 6.01. The Labute approximate surface area is 178 Å². The minimum atomic E-state index is -0.613. The van der Waals surface area contributed by atoms with Gasteiger partial charge in [-0.25, -0.2) is 0 Å². The third-order valence-electron chi connectivity index (χ3n) is 8.12. The molecule has 1 aromatic carbocycles. The van der Waals surface area contributed by atoms with Gasteiger partial charge in [0.15, 0.2) is 6.10 Å². The van der Waals surface area contributed by atoms with E-state index in [1.165, 1.54) is 38.5 Å². The number of amides is 2. The number of anilines is 1. The summed E-state index contributed by atoms with van der Waals surface area (Å²) in [7, 11) is 1.61. The van der Waals surface area contributed by atoms with Gasteiger partial charge in [-0.1, -0.05) is 12.1 Å². The number of carbonyl (C=O) groups is 2. The molecule has 6 rings (SSSR count). The number of rotatable bonds is 5. The van der Waals surface area contributed by atoms with Crippen molar-refractivity contribution in [3.63, 3.8) is 0 Å². The first kappa shape index (κ1) is 19.7. The number of nitrogens with one attached hydrogen (secondary N) is 2. The van der Waals surface area contributed by atoms with Crippen molar-refractivity contribution in [1.82, 2.24) is 10.6 Å². The lowest BCUT2D eigenvalue weighted by atomic mass is 9.48. The molecule has 4 fully saturated rings. The maximum Gasteiger partial charge on any atom is 0.262 e. The van der Waals surface area contributed by atoms with Gasteiger partial charge in [0.05, 0.1) is 18.8 Å². The summed E-state index contributed by atoms with van der Waals surface area (Å²) in [6, 6.07) is 7.83. The van der Waals surface area contributed by atoms with E-state index in [1.807, 2.05) is 29.2 Å². The first-order chi connectivity index (χ1) is 14.5. The first-order valence-corrected chi connectivity index (χ1v) is 11.5. The molecule has 30 heavy (non-hydrogen) atoms. The number of hydrogen-bond acceptors (Lipinski definition) is 4. The van der Waals surface area contributed by atoms with Crippen LogP contribution in [0.15, 0.2) is 24.3 Å². The second kappa shape index (κ2) is 7.47. The van der Waals surface area contributed by atoms with Gasteiger partial charge in [0.25, 0.3) is 5.91 Å². The Hall–Kier alpha value is -2.24. The second-order valence-electron chi connectivity index (χ2n) is 10.1. The maximum absolute atomic E-state index is 13.1. The van der Waals surface area contributed by atoms with Gasteiger partial charge in [-0.2, -0.15) is 0 Å². The number of benzene rings is 1. The summed E-state index contributed by atoms with van der Waals surface area (Å²) < 4.78 is 5.86. The Morgan fingerprint density at radius 3 is 2.40 bits per heavy atom. The number of carbonyl (C=O) groups excluding carboxylic acids is 2. The quantitative estimate of drug-likeness (QED) is 0.782. The predicted octanol–water partition coefficient (Wildman–Crippen LogP) is 2.72. The lowest BCUT2D eigenvalue weighted by Gasteiger charge is -2.59. The van der Waals surface area contributed by atoms with Crippen LogP contribution in [0.2, 0.25) is 0 Å². The predicted molar refractivity (Wildman–Crippen MR) is 115 cm³/mol. The van der Waals surface area contributed by atoms with Gasteiger partial charge in [-0.3, -0.25) is 9.59 Å². The van der Waals surface area contributed by atoms with E-state index in [9.17, 15) is 9.59 Å². The zero-order valence-electron chi connectivity index (χ0n) is 18.0. The van der Waals surface area contributed by atoms with E-state index in [-0.39, 0.29) is 29.8 Å². The number of hydrogen-bond donors (Lipinski definition) is 2. The Morgan fingerprint density at radius 1 is 1.13 bits per heavy atom. The molecule has 0 spiro atoms. The van der Waals surface area contributed by atoms with Crippen LogP contribution in [-0.2, 0) is 9.59 Å². The van der Waals surface area contributed by atoms with E-state index < -0.39 is 6.10 Å². The van der Waals surface area contributed by atoms with E-state index in [2.05, 4.69) is 17.6 Å². The summed E-state index contributed by atoms with van der Waals surface area (Å²) in [4.78, 5) is 27.2. The average molecular weight is 412 g/mol.